The van der Waals surface area contributed by atoms with Gasteiger partial charge in [0, 0.05) is 22.6 Å². The molecule has 0 atom stereocenters. The topological polar surface area (TPSA) is 29.1 Å². The summed E-state index contributed by atoms with van der Waals surface area (Å²) in [4.78, 5) is 13.0. The highest BCUT2D eigenvalue weighted by Gasteiger charge is 2.51. The van der Waals surface area contributed by atoms with Crippen LogP contribution in [0, 0.1) is 29.4 Å². The normalized spacial score (nSPS) is 33.7. The highest BCUT2D eigenvalue weighted by Crippen LogP contribution is 2.55. The molecule has 2 nitrogen and oxygen atoms in total. The third kappa shape index (κ3) is 3.32. The summed E-state index contributed by atoms with van der Waals surface area (Å²) in [7, 11) is 0. The van der Waals surface area contributed by atoms with Gasteiger partial charge in [-0.05, 0) is 74.5 Å². The van der Waals surface area contributed by atoms with Crippen LogP contribution in [-0.2, 0) is 4.79 Å². The zero-order valence-electron chi connectivity index (χ0n) is 13.7. The van der Waals surface area contributed by atoms with Crippen molar-refractivity contribution in [3.05, 3.63) is 29.8 Å². The van der Waals surface area contributed by atoms with Gasteiger partial charge in [0.15, 0.2) is 11.6 Å². The number of carbonyl (C=O) groups excluding carboxylic acids is 1. The molecular formula is C19H23F2NOS. The van der Waals surface area contributed by atoms with Crippen LogP contribution in [0.25, 0.3) is 0 Å². The van der Waals surface area contributed by atoms with Gasteiger partial charge in [-0.25, -0.2) is 8.78 Å². The van der Waals surface area contributed by atoms with E-state index in [9.17, 15) is 13.6 Å². The van der Waals surface area contributed by atoms with E-state index in [4.69, 9.17) is 0 Å². The Morgan fingerprint density at radius 3 is 2.29 bits per heavy atom. The van der Waals surface area contributed by atoms with Crippen molar-refractivity contribution in [2.45, 2.75) is 55.4 Å². The molecule has 130 valence electrons. The highest BCUT2D eigenvalue weighted by atomic mass is 32.2. The molecule has 5 heteroatoms. The van der Waals surface area contributed by atoms with E-state index in [2.05, 4.69) is 5.32 Å². The van der Waals surface area contributed by atoms with E-state index >= 15 is 0 Å². The molecule has 1 N–H and O–H groups in total. The molecule has 0 heterocycles. The first-order valence-electron chi connectivity index (χ1n) is 8.90. The standard InChI is InChI=1S/C19H23F2NOS/c20-16-2-1-15(8-17(16)21)24-4-3-18(23)22-19-9-12-5-13(10-19)7-14(6-12)11-19/h1-2,8,12-14H,3-7,9-11H2,(H,22,23). The van der Waals surface area contributed by atoms with E-state index in [0.717, 1.165) is 43.1 Å². The predicted octanol–water partition coefficient (Wildman–Crippen LogP) is 4.53. The van der Waals surface area contributed by atoms with Crippen LogP contribution in [-0.4, -0.2) is 17.2 Å². The van der Waals surface area contributed by atoms with E-state index < -0.39 is 11.6 Å². The molecule has 0 aromatic heterocycles. The van der Waals surface area contributed by atoms with Crippen molar-refractivity contribution in [3.63, 3.8) is 0 Å². The van der Waals surface area contributed by atoms with Crippen LogP contribution in [0.15, 0.2) is 23.1 Å². The molecule has 0 radical (unpaired) electrons. The van der Waals surface area contributed by atoms with Gasteiger partial charge in [0.05, 0.1) is 0 Å². The fourth-order valence-corrected chi connectivity index (χ4v) is 6.32. The number of hydrogen-bond donors (Lipinski definition) is 1. The molecule has 4 aliphatic rings. The largest absolute Gasteiger partial charge is 0.351 e. The lowest BCUT2D eigenvalue weighted by atomic mass is 9.53. The van der Waals surface area contributed by atoms with Gasteiger partial charge in [0.25, 0.3) is 0 Å². The Bertz CT molecular complexity index is 613. The number of carbonyl (C=O) groups is 1. The zero-order chi connectivity index (χ0) is 16.7. The predicted molar refractivity (Wildman–Crippen MR) is 90.7 cm³/mol. The van der Waals surface area contributed by atoms with Gasteiger partial charge >= 0.3 is 0 Å². The molecule has 4 aliphatic carbocycles. The van der Waals surface area contributed by atoms with Crippen molar-refractivity contribution in [3.8, 4) is 0 Å². The molecule has 0 aliphatic heterocycles. The Morgan fingerprint density at radius 1 is 1.08 bits per heavy atom. The molecule has 5 rings (SSSR count). The molecule has 0 spiro atoms. The number of hydrogen-bond acceptors (Lipinski definition) is 2. The smallest absolute Gasteiger partial charge is 0.221 e. The molecule has 4 fully saturated rings. The van der Waals surface area contributed by atoms with Crippen LogP contribution >= 0.6 is 11.8 Å². The second kappa shape index (κ2) is 6.32. The van der Waals surface area contributed by atoms with Crippen molar-refractivity contribution in [2.24, 2.45) is 17.8 Å². The van der Waals surface area contributed by atoms with Gasteiger partial charge in [-0.2, -0.15) is 0 Å². The van der Waals surface area contributed by atoms with Gasteiger partial charge in [0.1, 0.15) is 0 Å². The molecule has 0 unspecified atom stereocenters. The third-order valence-electron chi connectivity index (χ3n) is 5.93. The van der Waals surface area contributed by atoms with Crippen molar-refractivity contribution in [2.75, 3.05) is 5.75 Å². The lowest BCUT2D eigenvalue weighted by Gasteiger charge is -2.56. The van der Waals surface area contributed by atoms with E-state index in [1.54, 1.807) is 6.07 Å². The minimum absolute atomic E-state index is 0.0541. The van der Waals surface area contributed by atoms with E-state index in [0.29, 0.717) is 17.1 Å². The molecule has 1 aromatic carbocycles. The summed E-state index contributed by atoms with van der Waals surface area (Å²) in [5.74, 6) is 1.46. The maximum absolute atomic E-state index is 13.2. The molecule has 4 saturated carbocycles. The van der Waals surface area contributed by atoms with Crippen molar-refractivity contribution in [1.82, 2.24) is 5.32 Å². The van der Waals surface area contributed by atoms with Crippen LogP contribution in [0.3, 0.4) is 0 Å². The summed E-state index contributed by atoms with van der Waals surface area (Å²) in [6.45, 7) is 0. The average molecular weight is 351 g/mol. The number of benzene rings is 1. The third-order valence-corrected chi connectivity index (χ3v) is 6.93. The van der Waals surface area contributed by atoms with E-state index in [1.165, 1.54) is 37.1 Å². The Morgan fingerprint density at radius 2 is 1.71 bits per heavy atom. The second-order valence-corrected chi connectivity index (χ2v) is 9.09. The first kappa shape index (κ1) is 16.4. The number of amides is 1. The molecule has 1 amide bonds. The average Bonchev–Trinajstić information content (AvgIpc) is 2.49. The Labute approximate surface area is 145 Å². The Kier molecular flexibility index (Phi) is 4.31. The van der Waals surface area contributed by atoms with Gasteiger partial charge < -0.3 is 5.32 Å². The van der Waals surface area contributed by atoms with Gasteiger partial charge in [-0.1, -0.05) is 0 Å². The van der Waals surface area contributed by atoms with Crippen LogP contribution in [0.4, 0.5) is 8.78 Å². The van der Waals surface area contributed by atoms with Crippen molar-refractivity contribution < 1.29 is 13.6 Å². The van der Waals surface area contributed by atoms with Crippen LogP contribution in [0.2, 0.25) is 0 Å². The summed E-state index contributed by atoms with van der Waals surface area (Å²) in [6, 6.07) is 3.88. The number of thioether (sulfide) groups is 1. The fourth-order valence-electron chi connectivity index (χ4n) is 5.45. The maximum Gasteiger partial charge on any atom is 0.221 e. The number of rotatable bonds is 5. The molecule has 1 aromatic rings. The molecule has 24 heavy (non-hydrogen) atoms. The first-order valence-corrected chi connectivity index (χ1v) is 9.89. The van der Waals surface area contributed by atoms with Gasteiger partial charge in [0.2, 0.25) is 5.91 Å². The van der Waals surface area contributed by atoms with Gasteiger partial charge in [-0.15, -0.1) is 11.8 Å². The Balaban J connectivity index is 1.28. The maximum atomic E-state index is 13.2. The summed E-state index contributed by atoms with van der Waals surface area (Å²) in [6.07, 6.45) is 7.97. The summed E-state index contributed by atoms with van der Waals surface area (Å²) < 4.78 is 26.1. The zero-order valence-corrected chi connectivity index (χ0v) is 14.5. The monoisotopic (exact) mass is 351 g/mol. The molecular weight excluding hydrogens is 328 g/mol. The van der Waals surface area contributed by atoms with E-state index in [1.807, 2.05) is 0 Å². The summed E-state index contributed by atoms with van der Waals surface area (Å²) in [5.41, 5.74) is 0.0541. The highest BCUT2D eigenvalue weighted by molar-refractivity contribution is 7.99. The SMILES string of the molecule is O=C(CCSc1ccc(F)c(F)c1)NC12CC3CC(CC(C3)C1)C2. The van der Waals surface area contributed by atoms with Crippen LogP contribution < -0.4 is 5.32 Å². The van der Waals surface area contributed by atoms with Crippen LogP contribution in [0.1, 0.15) is 44.9 Å². The van der Waals surface area contributed by atoms with E-state index in [-0.39, 0.29) is 11.4 Å². The molecule has 0 saturated heterocycles. The van der Waals surface area contributed by atoms with Crippen LogP contribution in [0.5, 0.6) is 0 Å². The minimum atomic E-state index is -0.835. The molecule has 4 bridgehead atoms. The van der Waals surface area contributed by atoms with Crippen molar-refractivity contribution >= 4 is 17.7 Å². The summed E-state index contributed by atoms with van der Waals surface area (Å²) >= 11 is 1.40. The first-order chi connectivity index (χ1) is 11.5. The minimum Gasteiger partial charge on any atom is -0.351 e. The quantitative estimate of drug-likeness (QED) is 0.790. The fraction of sp³-hybridized carbons (Fsp3) is 0.632. The lowest BCUT2D eigenvalue weighted by molar-refractivity contribution is -0.126. The lowest BCUT2D eigenvalue weighted by Crippen LogP contribution is -2.59. The summed E-state index contributed by atoms with van der Waals surface area (Å²) in [5, 5.41) is 3.34. The van der Waals surface area contributed by atoms with Gasteiger partial charge in [-0.3, -0.25) is 4.79 Å². The Hall–Kier alpha value is -1.10. The second-order valence-electron chi connectivity index (χ2n) is 7.92. The number of halogens is 2. The number of nitrogens with one attached hydrogen (secondary N) is 1. The van der Waals surface area contributed by atoms with Crippen molar-refractivity contribution in [1.29, 1.82) is 0 Å².